The Morgan fingerprint density at radius 1 is 1.16 bits per heavy atom. The van der Waals surface area contributed by atoms with Gasteiger partial charge >= 0.3 is 0 Å². The van der Waals surface area contributed by atoms with E-state index < -0.39 is 5.91 Å². The average molecular weight is 473 g/mol. The minimum atomic E-state index is -0.403. The molecule has 3 heterocycles. The van der Waals surface area contributed by atoms with E-state index in [2.05, 4.69) is 37.4 Å². The zero-order chi connectivity index (χ0) is 22.7. The summed E-state index contributed by atoms with van der Waals surface area (Å²) in [6.07, 6.45) is 1.59. The summed E-state index contributed by atoms with van der Waals surface area (Å²) < 4.78 is 5.51. The molecule has 10 heteroatoms. The Kier molecular flexibility index (Phi) is 6.74. The predicted molar refractivity (Wildman–Crippen MR) is 126 cm³/mol. The molecule has 1 aliphatic rings. The van der Waals surface area contributed by atoms with Crippen molar-refractivity contribution in [3.8, 4) is 0 Å². The summed E-state index contributed by atoms with van der Waals surface area (Å²) in [6.45, 7) is 6.01. The number of hydrogen-bond acceptors (Lipinski definition) is 7. The van der Waals surface area contributed by atoms with Gasteiger partial charge < -0.3 is 20.3 Å². The number of aryl methyl sites for hydroxylation is 1. The van der Waals surface area contributed by atoms with E-state index in [9.17, 15) is 4.79 Å². The minimum Gasteiger partial charge on any atom is -0.377 e. The molecular weight excluding hydrogens is 451 g/mol. The van der Waals surface area contributed by atoms with E-state index in [0.29, 0.717) is 36.5 Å². The van der Waals surface area contributed by atoms with Crippen LogP contribution in [0.5, 0.6) is 0 Å². The fraction of sp³-hybridized carbons (Fsp3) is 0.273. The Morgan fingerprint density at radius 3 is 2.69 bits per heavy atom. The molecule has 1 aromatic carbocycles. The fourth-order valence-corrected chi connectivity index (χ4v) is 3.95. The summed E-state index contributed by atoms with van der Waals surface area (Å²) in [4.78, 5) is 28.3. The Labute approximate surface area is 195 Å². The van der Waals surface area contributed by atoms with Gasteiger partial charge in [-0.05, 0) is 32.0 Å². The van der Waals surface area contributed by atoms with Crippen molar-refractivity contribution in [1.82, 2.24) is 15.0 Å². The van der Waals surface area contributed by atoms with E-state index in [4.69, 9.17) is 27.9 Å². The molecule has 0 saturated carbocycles. The van der Waals surface area contributed by atoms with Crippen LogP contribution in [0.25, 0.3) is 0 Å². The van der Waals surface area contributed by atoms with E-state index in [-0.39, 0.29) is 21.7 Å². The van der Waals surface area contributed by atoms with E-state index >= 15 is 0 Å². The van der Waals surface area contributed by atoms with Gasteiger partial charge in [0.25, 0.3) is 5.91 Å². The van der Waals surface area contributed by atoms with Crippen LogP contribution in [0.15, 0.2) is 42.6 Å². The summed E-state index contributed by atoms with van der Waals surface area (Å²) in [7, 11) is 0. The first-order valence-electron chi connectivity index (χ1n) is 10.1. The maximum Gasteiger partial charge on any atom is 0.258 e. The highest BCUT2D eigenvalue weighted by molar-refractivity contribution is 6.40. The van der Waals surface area contributed by atoms with Gasteiger partial charge in [-0.15, -0.1) is 0 Å². The molecule has 0 bridgehead atoms. The third-order valence-corrected chi connectivity index (χ3v) is 5.56. The number of amides is 1. The summed E-state index contributed by atoms with van der Waals surface area (Å²) in [5.74, 6) is 1.36. The molecule has 3 aromatic rings. The van der Waals surface area contributed by atoms with Crippen molar-refractivity contribution in [1.29, 1.82) is 0 Å². The number of nitrogens with zero attached hydrogens (tertiary/aromatic N) is 4. The predicted octanol–water partition coefficient (Wildman–Crippen LogP) is 4.71. The quantitative estimate of drug-likeness (QED) is 0.555. The van der Waals surface area contributed by atoms with Crippen molar-refractivity contribution >= 4 is 52.4 Å². The maximum absolute atomic E-state index is 12.7. The van der Waals surface area contributed by atoms with Crippen LogP contribution in [0.4, 0.5) is 23.3 Å². The molecule has 1 aliphatic heterocycles. The highest BCUT2D eigenvalue weighted by atomic mass is 35.5. The molecule has 1 amide bonds. The van der Waals surface area contributed by atoms with Gasteiger partial charge in [0, 0.05) is 36.3 Å². The summed E-state index contributed by atoms with van der Waals surface area (Å²) in [5, 5.41) is 6.56. The monoisotopic (exact) mass is 472 g/mol. The molecule has 0 aliphatic carbocycles. The number of pyridine rings is 1. The smallest absolute Gasteiger partial charge is 0.258 e. The number of carbonyl (C=O) groups is 1. The molecule has 0 unspecified atom stereocenters. The van der Waals surface area contributed by atoms with Crippen molar-refractivity contribution in [3.63, 3.8) is 0 Å². The second-order valence-corrected chi connectivity index (χ2v) is 8.23. The van der Waals surface area contributed by atoms with Crippen molar-refractivity contribution in [2.75, 3.05) is 35.3 Å². The minimum absolute atomic E-state index is 0.187. The van der Waals surface area contributed by atoms with Crippen LogP contribution in [0.1, 0.15) is 23.0 Å². The summed E-state index contributed by atoms with van der Waals surface area (Å²) in [6, 6.07) is 10.3. The molecule has 2 aromatic heterocycles. The lowest BCUT2D eigenvalue weighted by molar-refractivity contribution is 0.0981. The Bertz CT molecular complexity index is 1120. The average Bonchev–Trinajstić information content (AvgIpc) is 2.74. The zero-order valence-corrected chi connectivity index (χ0v) is 19.1. The van der Waals surface area contributed by atoms with Gasteiger partial charge in [-0.2, -0.15) is 4.98 Å². The molecule has 4 rings (SSSR count). The molecule has 1 fully saturated rings. The molecule has 32 heavy (non-hydrogen) atoms. The molecule has 0 spiro atoms. The van der Waals surface area contributed by atoms with E-state index in [1.165, 1.54) is 0 Å². The number of rotatable bonds is 5. The third-order valence-electron chi connectivity index (χ3n) is 4.93. The number of carbonyl (C=O) groups excluding carboxylic acids is 1. The molecular formula is C22H22Cl2N6O2. The number of benzene rings is 1. The Morgan fingerprint density at radius 2 is 1.94 bits per heavy atom. The lowest BCUT2D eigenvalue weighted by Gasteiger charge is -2.33. The van der Waals surface area contributed by atoms with Gasteiger partial charge in [0.2, 0.25) is 5.95 Å². The van der Waals surface area contributed by atoms with Crippen LogP contribution in [-0.2, 0) is 4.74 Å². The van der Waals surface area contributed by atoms with Crippen LogP contribution in [0, 0.1) is 6.92 Å². The first kappa shape index (κ1) is 22.3. The number of aromatic nitrogens is 3. The Balaban J connectivity index is 1.52. The van der Waals surface area contributed by atoms with Gasteiger partial charge in [0.15, 0.2) is 0 Å². The Hall–Kier alpha value is -2.94. The second kappa shape index (κ2) is 9.68. The topological polar surface area (TPSA) is 92.3 Å². The third kappa shape index (κ3) is 5.09. The van der Waals surface area contributed by atoms with Gasteiger partial charge in [-0.25, -0.2) is 9.97 Å². The van der Waals surface area contributed by atoms with Crippen LogP contribution in [0.2, 0.25) is 10.0 Å². The van der Waals surface area contributed by atoms with Crippen LogP contribution in [-0.4, -0.2) is 46.7 Å². The van der Waals surface area contributed by atoms with Crippen LogP contribution in [0.3, 0.4) is 0 Å². The number of anilines is 4. The molecule has 2 N–H and O–H groups in total. The molecule has 166 valence electrons. The van der Waals surface area contributed by atoms with Gasteiger partial charge in [0.05, 0.1) is 34.9 Å². The first-order chi connectivity index (χ1) is 15.4. The SMILES string of the molecule is Cc1cc(Nc2cc(NC(=O)c3c(Cl)cccc3Cl)ccn2)nc(N2CCOC[C@H]2C)n1. The van der Waals surface area contributed by atoms with Gasteiger partial charge in [0.1, 0.15) is 11.6 Å². The van der Waals surface area contributed by atoms with Crippen molar-refractivity contribution in [3.05, 3.63) is 63.9 Å². The number of morpholine rings is 1. The number of hydrogen-bond donors (Lipinski definition) is 2. The van der Waals surface area contributed by atoms with E-state index in [1.807, 2.05) is 13.0 Å². The van der Waals surface area contributed by atoms with E-state index in [1.54, 1.807) is 36.5 Å². The standard InChI is InChI=1S/C22H22Cl2N6O2/c1-13-10-19(29-22(26-13)30-8-9-32-12-14(30)2)28-18-11-15(6-7-25-18)27-21(31)20-16(23)4-3-5-17(20)24/h3-7,10-11,14H,8-9,12H2,1-2H3,(H2,25,26,27,28,29,31)/t14-/m1/s1. The molecule has 8 nitrogen and oxygen atoms in total. The van der Waals surface area contributed by atoms with Crippen molar-refractivity contribution < 1.29 is 9.53 Å². The molecule has 0 radical (unpaired) electrons. The van der Waals surface area contributed by atoms with Crippen LogP contribution < -0.4 is 15.5 Å². The number of halogens is 2. The normalized spacial score (nSPS) is 16.0. The lowest BCUT2D eigenvalue weighted by Crippen LogP contribution is -2.44. The van der Waals surface area contributed by atoms with Gasteiger partial charge in [-0.3, -0.25) is 4.79 Å². The molecule has 1 saturated heterocycles. The summed E-state index contributed by atoms with van der Waals surface area (Å²) >= 11 is 12.3. The highest BCUT2D eigenvalue weighted by Crippen LogP contribution is 2.26. The van der Waals surface area contributed by atoms with E-state index in [0.717, 1.165) is 12.2 Å². The highest BCUT2D eigenvalue weighted by Gasteiger charge is 2.22. The first-order valence-corrected chi connectivity index (χ1v) is 10.8. The van der Waals surface area contributed by atoms with Crippen LogP contribution >= 0.6 is 23.2 Å². The summed E-state index contributed by atoms with van der Waals surface area (Å²) in [5.41, 5.74) is 1.59. The largest absolute Gasteiger partial charge is 0.377 e. The van der Waals surface area contributed by atoms with Crippen molar-refractivity contribution in [2.24, 2.45) is 0 Å². The van der Waals surface area contributed by atoms with Gasteiger partial charge in [-0.1, -0.05) is 29.3 Å². The lowest BCUT2D eigenvalue weighted by atomic mass is 10.2. The van der Waals surface area contributed by atoms with Crippen molar-refractivity contribution in [2.45, 2.75) is 19.9 Å². The fourth-order valence-electron chi connectivity index (χ4n) is 3.39. The number of nitrogens with one attached hydrogen (secondary N) is 2. The zero-order valence-electron chi connectivity index (χ0n) is 17.6. The second-order valence-electron chi connectivity index (χ2n) is 7.42. The maximum atomic E-state index is 12.7. The number of ether oxygens (including phenoxy) is 1. The molecule has 1 atom stereocenters.